The van der Waals surface area contributed by atoms with E-state index in [0.29, 0.717) is 29.6 Å². The Labute approximate surface area is 175 Å². The van der Waals surface area contributed by atoms with Gasteiger partial charge < -0.3 is 5.84 Å². The van der Waals surface area contributed by atoms with Crippen LogP contribution >= 0.6 is 11.8 Å². The average molecular weight is 433 g/mol. The van der Waals surface area contributed by atoms with Crippen LogP contribution in [0.1, 0.15) is 19.4 Å². The van der Waals surface area contributed by atoms with Crippen molar-refractivity contribution in [3.8, 4) is 11.4 Å². The molecule has 2 N–H and O–H groups in total. The number of aromatic nitrogens is 4. The lowest BCUT2D eigenvalue weighted by atomic mass is 10.2. The molecule has 0 aliphatic heterocycles. The Morgan fingerprint density at radius 1 is 1.10 bits per heavy atom. The first-order chi connectivity index (χ1) is 14.0. The van der Waals surface area contributed by atoms with Gasteiger partial charge in [-0.3, -0.25) is 4.98 Å². The van der Waals surface area contributed by atoms with Crippen LogP contribution in [0.5, 0.6) is 0 Å². The number of nitrogens with two attached hydrogens (primary N) is 1. The Morgan fingerprint density at radius 3 is 2.52 bits per heavy atom. The predicted molar refractivity (Wildman–Crippen MR) is 114 cm³/mol. The number of hydrogen-bond acceptors (Lipinski definition) is 7. The average Bonchev–Trinajstić information content (AvgIpc) is 3.10. The molecule has 0 aliphatic carbocycles. The van der Waals surface area contributed by atoms with E-state index in [0.717, 1.165) is 12.2 Å². The van der Waals surface area contributed by atoms with Crippen LogP contribution in [0, 0.1) is 0 Å². The first kappa shape index (κ1) is 21.3. The van der Waals surface area contributed by atoms with Crippen LogP contribution in [-0.4, -0.2) is 51.4 Å². The van der Waals surface area contributed by atoms with E-state index in [1.807, 2.05) is 26.0 Å². The summed E-state index contributed by atoms with van der Waals surface area (Å²) in [5.41, 5.74) is 1.79. The van der Waals surface area contributed by atoms with Gasteiger partial charge in [-0.25, -0.2) is 13.1 Å². The molecule has 0 amide bonds. The number of hydrogen-bond donors (Lipinski definition) is 1. The molecule has 10 heteroatoms. The van der Waals surface area contributed by atoms with Crippen LogP contribution < -0.4 is 5.84 Å². The second-order valence-corrected chi connectivity index (χ2v) is 9.25. The summed E-state index contributed by atoms with van der Waals surface area (Å²) >= 11 is 1.50. The zero-order valence-corrected chi connectivity index (χ0v) is 18.0. The van der Waals surface area contributed by atoms with Crippen LogP contribution in [0.25, 0.3) is 11.4 Å². The Balaban J connectivity index is 1.78. The summed E-state index contributed by atoms with van der Waals surface area (Å²) in [5, 5.41) is 8.91. The Morgan fingerprint density at radius 2 is 1.83 bits per heavy atom. The molecule has 0 spiro atoms. The van der Waals surface area contributed by atoms with Crippen molar-refractivity contribution in [2.75, 3.05) is 24.7 Å². The molecular weight excluding hydrogens is 408 g/mol. The maximum atomic E-state index is 12.8. The van der Waals surface area contributed by atoms with Gasteiger partial charge in [0.1, 0.15) is 0 Å². The van der Waals surface area contributed by atoms with E-state index in [2.05, 4.69) is 15.2 Å². The molecular formula is C19H24N6O2S2. The second-order valence-electron chi connectivity index (χ2n) is 6.25. The van der Waals surface area contributed by atoms with Crippen LogP contribution in [0.3, 0.4) is 0 Å². The molecule has 0 atom stereocenters. The molecule has 0 fully saturated rings. The maximum absolute atomic E-state index is 12.8. The molecule has 29 heavy (non-hydrogen) atoms. The third-order valence-electron chi connectivity index (χ3n) is 4.47. The second kappa shape index (κ2) is 9.38. The number of nitrogen functional groups attached to an aromatic ring is 1. The van der Waals surface area contributed by atoms with Crippen molar-refractivity contribution in [3.05, 3.63) is 54.4 Å². The molecule has 0 bridgehead atoms. The fraction of sp³-hybridized carbons (Fsp3) is 0.316. The number of aryl methyl sites for hydroxylation is 1. The lowest BCUT2D eigenvalue weighted by Gasteiger charge is -2.18. The summed E-state index contributed by atoms with van der Waals surface area (Å²) in [5.74, 6) is 7.40. The van der Waals surface area contributed by atoms with Gasteiger partial charge in [0, 0.05) is 36.8 Å². The molecule has 2 aromatic heterocycles. The van der Waals surface area contributed by atoms with E-state index >= 15 is 0 Å². The van der Waals surface area contributed by atoms with Crippen molar-refractivity contribution in [2.24, 2.45) is 0 Å². The molecule has 0 unspecified atom stereocenters. The Bertz CT molecular complexity index is 1050. The summed E-state index contributed by atoms with van der Waals surface area (Å²) in [7, 11) is -3.56. The summed E-state index contributed by atoms with van der Waals surface area (Å²) in [6, 6.07) is 10.6. The minimum absolute atomic E-state index is 0.216. The highest BCUT2D eigenvalue weighted by Gasteiger charge is 2.22. The topological polar surface area (TPSA) is 107 Å². The first-order valence-electron chi connectivity index (χ1n) is 9.30. The molecule has 0 aliphatic rings. The highest BCUT2D eigenvalue weighted by atomic mass is 32.2. The number of thioether (sulfide) groups is 1. The molecule has 154 valence electrons. The Hall–Kier alpha value is -2.43. The van der Waals surface area contributed by atoms with Gasteiger partial charge in [0.05, 0.1) is 4.90 Å². The number of pyridine rings is 1. The van der Waals surface area contributed by atoms with Gasteiger partial charge >= 0.3 is 0 Å². The SMILES string of the molecule is CCN(CC)S(=O)(=O)c1cccc(-c2nnc(SCCc3ccncc3)n2N)c1. The van der Waals surface area contributed by atoms with E-state index in [-0.39, 0.29) is 4.90 Å². The fourth-order valence-corrected chi connectivity index (χ4v) is 5.24. The lowest BCUT2D eigenvalue weighted by Crippen LogP contribution is -2.30. The van der Waals surface area contributed by atoms with Crippen LogP contribution in [0.2, 0.25) is 0 Å². The standard InChI is InChI=1S/C19H24N6O2S2/c1-3-24(4-2)29(26,27)17-7-5-6-16(14-17)18-22-23-19(25(18)20)28-13-10-15-8-11-21-12-9-15/h5-9,11-12,14H,3-4,10,13,20H2,1-2H3. The smallest absolute Gasteiger partial charge is 0.243 e. The number of rotatable bonds is 9. The van der Waals surface area contributed by atoms with Crippen molar-refractivity contribution in [1.82, 2.24) is 24.2 Å². The van der Waals surface area contributed by atoms with Crippen LogP contribution in [-0.2, 0) is 16.4 Å². The molecule has 8 nitrogen and oxygen atoms in total. The lowest BCUT2D eigenvalue weighted by molar-refractivity contribution is 0.445. The van der Waals surface area contributed by atoms with Crippen molar-refractivity contribution in [3.63, 3.8) is 0 Å². The first-order valence-corrected chi connectivity index (χ1v) is 11.7. The monoisotopic (exact) mass is 432 g/mol. The van der Waals surface area contributed by atoms with E-state index < -0.39 is 10.0 Å². The fourth-order valence-electron chi connectivity index (χ4n) is 2.89. The summed E-state index contributed by atoms with van der Waals surface area (Å²) < 4.78 is 28.4. The molecule has 0 saturated heterocycles. The van der Waals surface area contributed by atoms with Gasteiger partial charge in [0.25, 0.3) is 0 Å². The third kappa shape index (κ3) is 4.77. The van der Waals surface area contributed by atoms with Gasteiger partial charge in [-0.1, -0.05) is 37.7 Å². The van der Waals surface area contributed by atoms with Crippen LogP contribution in [0.15, 0.2) is 58.8 Å². The number of benzene rings is 1. The molecule has 3 aromatic rings. The van der Waals surface area contributed by atoms with Gasteiger partial charge in [-0.2, -0.15) is 4.31 Å². The minimum Gasteiger partial charge on any atom is -0.335 e. The van der Waals surface area contributed by atoms with Gasteiger partial charge in [-0.15, -0.1) is 10.2 Å². The molecule has 3 rings (SSSR count). The minimum atomic E-state index is -3.56. The van der Waals surface area contributed by atoms with Gasteiger partial charge in [-0.05, 0) is 36.2 Å². The molecule has 0 radical (unpaired) electrons. The van der Waals surface area contributed by atoms with Gasteiger partial charge in [0.15, 0.2) is 5.82 Å². The zero-order valence-electron chi connectivity index (χ0n) is 16.4. The van der Waals surface area contributed by atoms with Crippen molar-refractivity contribution < 1.29 is 8.42 Å². The summed E-state index contributed by atoms with van der Waals surface area (Å²) in [6.45, 7) is 4.45. The van der Waals surface area contributed by atoms with E-state index in [9.17, 15) is 8.42 Å². The number of nitrogens with zero attached hydrogens (tertiary/aromatic N) is 5. The van der Waals surface area contributed by atoms with Crippen molar-refractivity contribution in [2.45, 2.75) is 30.3 Å². The largest absolute Gasteiger partial charge is 0.335 e. The van der Waals surface area contributed by atoms with Crippen LogP contribution in [0.4, 0.5) is 0 Å². The van der Waals surface area contributed by atoms with Crippen molar-refractivity contribution >= 4 is 21.8 Å². The molecule has 1 aromatic carbocycles. The molecule has 2 heterocycles. The highest BCUT2D eigenvalue weighted by molar-refractivity contribution is 7.99. The van der Waals surface area contributed by atoms with E-state index in [1.54, 1.807) is 36.7 Å². The predicted octanol–water partition coefficient (Wildman–Crippen LogP) is 2.42. The normalized spacial score (nSPS) is 11.8. The van der Waals surface area contributed by atoms with E-state index in [4.69, 9.17) is 5.84 Å². The third-order valence-corrected chi connectivity index (χ3v) is 7.46. The summed E-state index contributed by atoms with van der Waals surface area (Å²) in [6.07, 6.45) is 4.39. The van der Waals surface area contributed by atoms with Crippen molar-refractivity contribution in [1.29, 1.82) is 0 Å². The zero-order chi connectivity index (χ0) is 20.9. The quantitative estimate of drug-likeness (QED) is 0.409. The molecule has 0 saturated carbocycles. The van der Waals surface area contributed by atoms with Gasteiger partial charge in [0.2, 0.25) is 15.2 Å². The highest BCUT2D eigenvalue weighted by Crippen LogP contribution is 2.25. The maximum Gasteiger partial charge on any atom is 0.243 e. The number of sulfonamides is 1. The summed E-state index contributed by atoms with van der Waals surface area (Å²) in [4.78, 5) is 4.23. The Kier molecular flexibility index (Phi) is 6.88. The van der Waals surface area contributed by atoms with E-state index in [1.165, 1.54) is 26.3 Å².